The Balaban J connectivity index is 0.00000280. The number of halogens is 1. The first-order chi connectivity index (χ1) is 13.2. The van der Waals surface area contributed by atoms with Gasteiger partial charge in [-0.3, -0.25) is 4.99 Å². The highest BCUT2D eigenvalue weighted by atomic mass is 127. The Morgan fingerprint density at radius 2 is 1.93 bits per heavy atom. The zero-order chi connectivity index (χ0) is 19.1. The summed E-state index contributed by atoms with van der Waals surface area (Å²) in [5, 5.41) is 3.44. The molecule has 7 heteroatoms. The number of aryl methyl sites for hydroxylation is 1. The van der Waals surface area contributed by atoms with Crippen molar-refractivity contribution in [1.82, 2.24) is 19.8 Å². The quantitative estimate of drug-likeness (QED) is 0.390. The zero-order valence-corrected chi connectivity index (χ0v) is 19.6. The molecule has 154 valence electrons. The SMILES string of the molecule is CN=C(NCc1ccc(N2CCCCCC2)nc1)N(C)Cc1cccn1C.I. The van der Waals surface area contributed by atoms with Gasteiger partial charge in [0, 0.05) is 58.9 Å². The summed E-state index contributed by atoms with van der Waals surface area (Å²) in [4.78, 5) is 13.6. The number of hydrogen-bond acceptors (Lipinski definition) is 3. The molecule has 0 saturated carbocycles. The summed E-state index contributed by atoms with van der Waals surface area (Å²) < 4.78 is 2.13. The predicted octanol–water partition coefficient (Wildman–Crippen LogP) is 3.63. The van der Waals surface area contributed by atoms with Gasteiger partial charge in [0.05, 0.1) is 6.54 Å². The molecule has 0 amide bonds. The lowest BCUT2D eigenvalue weighted by Crippen LogP contribution is -2.38. The summed E-state index contributed by atoms with van der Waals surface area (Å²) >= 11 is 0. The van der Waals surface area contributed by atoms with Gasteiger partial charge in [-0.15, -0.1) is 24.0 Å². The van der Waals surface area contributed by atoms with Gasteiger partial charge in [-0.05, 0) is 36.6 Å². The number of nitrogens with zero attached hydrogens (tertiary/aromatic N) is 5. The van der Waals surface area contributed by atoms with Gasteiger partial charge < -0.3 is 19.7 Å². The Hall–Kier alpha value is -1.77. The molecular weight excluding hydrogens is 463 g/mol. The van der Waals surface area contributed by atoms with Gasteiger partial charge in [-0.2, -0.15) is 0 Å². The lowest BCUT2D eigenvalue weighted by atomic mass is 10.2. The Labute approximate surface area is 186 Å². The Morgan fingerprint density at radius 1 is 1.18 bits per heavy atom. The molecular formula is C21H33IN6. The minimum atomic E-state index is 0. The van der Waals surface area contributed by atoms with Crippen LogP contribution in [-0.2, 0) is 20.1 Å². The normalized spacial score (nSPS) is 15.0. The van der Waals surface area contributed by atoms with Crippen LogP contribution in [0.2, 0.25) is 0 Å². The summed E-state index contributed by atoms with van der Waals surface area (Å²) in [7, 11) is 5.95. The van der Waals surface area contributed by atoms with E-state index < -0.39 is 0 Å². The van der Waals surface area contributed by atoms with Crippen molar-refractivity contribution in [3.05, 3.63) is 47.9 Å². The van der Waals surface area contributed by atoms with Crippen molar-refractivity contribution in [2.45, 2.75) is 38.8 Å². The lowest BCUT2D eigenvalue weighted by Gasteiger charge is -2.23. The summed E-state index contributed by atoms with van der Waals surface area (Å²) in [5.74, 6) is 1.98. The predicted molar refractivity (Wildman–Crippen MR) is 127 cm³/mol. The second kappa shape index (κ2) is 11.3. The smallest absolute Gasteiger partial charge is 0.194 e. The maximum atomic E-state index is 4.69. The summed E-state index contributed by atoms with van der Waals surface area (Å²) in [5.41, 5.74) is 2.42. The molecule has 2 aromatic heterocycles. The number of aliphatic imine (C=N–C) groups is 1. The zero-order valence-electron chi connectivity index (χ0n) is 17.3. The molecule has 2 aromatic rings. The third-order valence-electron chi connectivity index (χ3n) is 5.21. The maximum absolute atomic E-state index is 4.69. The number of nitrogens with one attached hydrogen (secondary N) is 1. The molecule has 0 spiro atoms. The molecule has 0 atom stereocenters. The minimum absolute atomic E-state index is 0. The van der Waals surface area contributed by atoms with Crippen LogP contribution in [0.4, 0.5) is 5.82 Å². The molecule has 28 heavy (non-hydrogen) atoms. The van der Waals surface area contributed by atoms with E-state index in [9.17, 15) is 0 Å². The molecule has 3 heterocycles. The monoisotopic (exact) mass is 496 g/mol. The van der Waals surface area contributed by atoms with Crippen molar-refractivity contribution in [2.75, 3.05) is 32.1 Å². The minimum Gasteiger partial charge on any atom is -0.357 e. The summed E-state index contributed by atoms with van der Waals surface area (Å²) in [6.07, 6.45) is 9.28. The van der Waals surface area contributed by atoms with Gasteiger partial charge in [0.15, 0.2) is 5.96 Å². The van der Waals surface area contributed by atoms with E-state index in [0.29, 0.717) is 0 Å². The fourth-order valence-corrected chi connectivity index (χ4v) is 3.55. The molecule has 0 aliphatic carbocycles. The highest BCUT2D eigenvalue weighted by Gasteiger charge is 2.11. The van der Waals surface area contributed by atoms with E-state index in [0.717, 1.165) is 38.0 Å². The average Bonchev–Trinajstić information content (AvgIpc) is 2.92. The first kappa shape index (κ1) is 22.5. The van der Waals surface area contributed by atoms with Crippen LogP contribution < -0.4 is 10.2 Å². The average molecular weight is 496 g/mol. The van der Waals surface area contributed by atoms with Gasteiger partial charge in [-0.1, -0.05) is 18.9 Å². The largest absolute Gasteiger partial charge is 0.357 e. The molecule has 6 nitrogen and oxygen atoms in total. The van der Waals surface area contributed by atoms with Crippen LogP contribution in [0.5, 0.6) is 0 Å². The molecule has 3 rings (SSSR count). The van der Waals surface area contributed by atoms with E-state index in [2.05, 4.69) is 69.2 Å². The van der Waals surface area contributed by atoms with Crippen LogP contribution in [0.1, 0.15) is 36.9 Å². The topological polar surface area (TPSA) is 48.7 Å². The second-order valence-corrected chi connectivity index (χ2v) is 7.29. The van der Waals surface area contributed by atoms with Crippen molar-refractivity contribution >= 4 is 35.8 Å². The molecule has 1 aliphatic rings. The molecule has 0 aromatic carbocycles. The number of rotatable bonds is 5. The van der Waals surface area contributed by atoms with E-state index in [4.69, 9.17) is 4.98 Å². The Bertz CT molecular complexity index is 732. The van der Waals surface area contributed by atoms with Gasteiger partial charge >= 0.3 is 0 Å². The highest BCUT2D eigenvalue weighted by Crippen LogP contribution is 2.17. The van der Waals surface area contributed by atoms with Crippen molar-refractivity contribution < 1.29 is 0 Å². The van der Waals surface area contributed by atoms with E-state index >= 15 is 0 Å². The fraction of sp³-hybridized carbons (Fsp3) is 0.524. The van der Waals surface area contributed by atoms with Crippen molar-refractivity contribution in [3.8, 4) is 0 Å². The van der Waals surface area contributed by atoms with Crippen molar-refractivity contribution in [3.63, 3.8) is 0 Å². The van der Waals surface area contributed by atoms with Gasteiger partial charge in [0.25, 0.3) is 0 Å². The van der Waals surface area contributed by atoms with Crippen LogP contribution in [-0.4, -0.2) is 47.6 Å². The first-order valence-corrected chi connectivity index (χ1v) is 9.89. The highest BCUT2D eigenvalue weighted by molar-refractivity contribution is 14.0. The molecule has 1 fully saturated rings. The van der Waals surface area contributed by atoms with Crippen LogP contribution in [0, 0.1) is 0 Å². The Morgan fingerprint density at radius 3 is 2.50 bits per heavy atom. The second-order valence-electron chi connectivity index (χ2n) is 7.29. The van der Waals surface area contributed by atoms with Gasteiger partial charge in [0.1, 0.15) is 5.82 Å². The molecule has 1 aliphatic heterocycles. The van der Waals surface area contributed by atoms with Gasteiger partial charge in [0.2, 0.25) is 0 Å². The standard InChI is InChI=1S/C21H32N6.HI/c1-22-21(26(3)17-19-9-8-12-25(19)2)24-16-18-10-11-20(23-15-18)27-13-6-4-5-7-14-27;/h8-12,15H,4-7,13-14,16-17H2,1-3H3,(H,22,24);1H. The van der Waals surface area contributed by atoms with E-state index in [1.54, 1.807) is 0 Å². The van der Waals surface area contributed by atoms with Crippen LogP contribution >= 0.6 is 24.0 Å². The molecule has 1 N–H and O–H groups in total. The van der Waals surface area contributed by atoms with Crippen molar-refractivity contribution in [2.24, 2.45) is 12.0 Å². The van der Waals surface area contributed by atoms with Gasteiger partial charge in [-0.25, -0.2) is 4.98 Å². The van der Waals surface area contributed by atoms with Crippen LogP contribution in [0.3, 0.4) is 0 Å². The fourth-order valence-electron chi connectivity index (χ4n) is 3.55. The molecule has 0 unspecified atom stereocenters. The molecule has 0 radical (unpaired) electrons. The van der Waals surface area contributed by atoms with E-state index in [1.165, 1.54) is 36.9 Å². The van der Waals surface area contributed by atoms with Crippen LogP contribution in [0.15, 0.2) is 41.7 Å². The lowest BCUT2D eigenvalue weighted by molar-refractivity contribution is 0.461. The molecule has 1 saturated heterocycles. The van der Waals surface area contributed by atoms with E-state index in [-0.39, 0.29) is 24.0 Å². The summed E-state index contributed by atoms with van der Waals surface area (Å²) in [6, 6.07) is 8.52. The third-order valence-corrected chi connectivity index (χ3v) is 5.21. The number of hydrogen-bond donors (Lipinski definition) is 1. The number of guanidine groups is 1. The van der Waals surface area contributed by atoms with E-state index in [1.807, 2.05) is 13.2 Å². The number of pyridine rings is 1. The van der Waals surface area contributed by atoms with Crippen LogP contribution in [0.25, 0.3) is 0 Å². The Kier molecular flexibility index (Phi) is 9.08. The summed E-state index contributed by atoms with van der Waals surface area (Å²) in [6.45, 7) is 3.79. The molecule has 0 bridgehead atoms. The number of anilines is 1. The number of aromatic nitrogens is 2. The van der Waals surface area contributed by atoms with Crippen molar-refractivity contribution in [1.29, 1.82) is 0 Å². The first-order valence-electron chi connectivity index (χ1n) is 9.89. The third kappa shape index (κ3) is 6.12. The maximum Gasteiger partial charge on any atom is 0.194 e.